The molecule has 1 saturated heterocycles. The van der Waals surface area contributed by atoms with Crippen molar-refractivity contribution in [1.29, 1.82) is 0 Å². The molecule has 0 saturated carbocycles. The molecule has 0 bridgehead atoms. The normalized spacial score (nSPS) is 16.5. The van der Waals surface area contributed by atoms with Gasteiger partial charge in [-0.25, -0.2) is 4.98 Å². The number of rotatable bonds is 3. The molecule has 23 heavy (non-hydrogen) atoms. The number of aryl methyl sites for hydroxylation is 1. The van der Waals surface area contributed by atoms with E-state index < -0.39 is 0 Å². The van der Waals surface area contributed by atoms with Crippen molar-refractivity contribution in [2.75, 3.05) is 33.2 Å². The minimum absolute atomic E-state index is 0.135. The van der Waals surface area contributed by atoms with Gasteiger partial charge in [0.05, 0.1) is 10.9 Å². The molecule has 1 aliphatic rings. The Kier molecular flexibility index (Phi) is 4.71. The number of aromatic amines is 1. The standard InChI is InChI=1S/C17H22N4O2/c1-20-9-4-10-21(12-11-20)16(22)8-7-15-18-14-6-3-2-5-13(14)17(23)19-15/h2-3,5-6H,4,7-12H2,1H3,(H,18,19,23). The molecule has 1 N–H and O–H groups in total. The second-order valence-corrected chi connectivity index (χ2v) is 6.07. The minimum Gasteiger partial charge on any atom is -0.341 e. The van der Waals surface area contributed by atoms with Crippen LogP contribution in [0.5, 0.6) is 0 Å². The second-order valence-electron chi connectivity index (χ2n) is 6.07. The van der Waals surface area contributed by atoms with Gasteiger partial charge >= 0.3 is 0 Å². The topological polar surface area (TPSA) is 69.3 Å². The van der Waals surface area contributed by atoms with Crippen LogP contribution < -0.4 is 5.56 Å². The summed E-state index contributed by atoms with van der Waals surface area (Å²) < 4.78 is 0. The smallest absolute Gasteiger partial charge is 0.258 e. The van der Waals surface area contributed by atoms with E-state index in [0.717, 1.165) is 32.6 Å². The number of H-pyrrole nitrogens is 1. The van der Waals surface area contributed by atoms with Gasteiger partial charge in [-0.3, -0.25) is 9.59 Å². The molecular weight excluding hydrogens is 292 g/mol. The van der Waals surface area contributed by atoms with E-state index in [4.69, 9.17) is 0 Å². The fourth-order valence-corrected chi connectivity index (χ4v) is 2.93. The Bertz CT molecular complexity index is 756. The number of nitrogens with one attached hydrogen (secondary N) is 1. The Morgan fingerprint density at radius 1 is 1.22 bits per heavy atom. The summed E-state index contributed by atoms with van der Waals surface area (Å²) in [7, 11) is 2.08. The average Bonchev–Trinajstić information content (AvgIpc) is 2.77. The van der Waals surface area contributed by atoms with E-state index >= 15 is 0 Å². The van der Waals surface area contributed by atoms with Crippen molar-refractivity contribution in [1.82, 2.24) is 19.8 Å². The minimum atomic E-state index is -0.144. The number of nitrogens with zero attached hydrogens (tertiary/aromatic N) is 3. The Balaban J connectivity index is 1.66. The highest BCUT2D eigenvalue weighted by atomic mass is 16.2. The third-order valence-corrected chi connectivity index (χ3v) is 4.31. The van der Waals surface area contributed by atoms with Crippen molar-refractivity contribution in [2.45, 2.75) is 19.3 Å². The molecule has 2 aromatic rings. The number of likely N-dealkylation sites (N-methyl/N-ethyl adjacent to an activating group) is 1. The van der Waals surface area contributed by atoms with Crippen LogP contribution in [0.3, 0.4) is 0 Å². The maximum Gasteiger partial charge on any atom is 0.258 e. The highest BCUT2D eigenvalue weighted by molar-refractivity contribution is 5.78. The summed E-state index contributed by atoms with van der Waals surface area (Å²) in [6, 6.07) is 7.25. The fraction of sp³-hybridized carbons (Fsp3) is 0.471. The number of hydrogen-bond acceptors (Lipinski definition) is 4. The van der Waals surface area contributed by atoms with Gasteiger partial charge < -0.3 is 14.8 Å². The molecule has 0 unspecified atom stereocenters. The highest BCUT2D eigenvalue weighted by Gasteiger charge is 2.17. The van der Waals surface area contributed by atoms with E-state index in [0.29, 0.717) is 29.6 Å². The summed E-state index contributed by atoms with van der Waals surface area (Å²) in [4.78, 5) is 35.8. The summed E-state index contributed by atoms with van der Waals surface area (Å²) in [5.41, 5.74) is 0.532. The molecule has 3 rings (SSSR count). The lowest BCUT2D eigenvalue weighted by atomic mass is 10.2. The Morgan fingerprint density at radius 3 is 2.91 bits per heavy atom. The van der Waals surface area contributed by atoms with E-state index in [2.05, 4.69) is 21.9 Å². The molecular formula is C17H22N4O2. The van der Waals surface area contributed by atoms with Crippen LogP contribution in [0.1, 0.15) is 18.7 Å². The molecule has 1 aliphatic heterocycles. The van der Waals surface area contributed by atoms with E-state index in [9.17, 15) is 9.59 Å². The van der Waals surface area contributed by atoms with Crippen LogP contribution in [0.2, 0.25) is 0 Å². The molecule has 2 heterocycles. The van der Waals surface area contributed by atoms with Crippen LogP contribution in [0.25, 0.3) is 10.9 Å². The number of benzene rings is 1. The van der Waals surface area contributed by atoms with Crippen molar-refractivity contribution >= 4 is 16.8 Å². The molecule has 0 atom stereocenters. The molecule has 1 aromatic carbocycles. The predicted molar refractivity (Wildman–Crippen MR) is 89.4 cm³/mol. The van der Waals surface area contributed by atoms with Crippen LogP contribution in [-0.4, -0.2) is 58.9 Å². The van der Waals surface area contributed by atoms with Gasteiger partial charge in [0, 0.05) is 32.5 Å². The molecule has 0 spiro atoms. The summed E-state index contributed by atoms with van der Waals surface area (Å²) in [5.74, 6) is 0.713. The predicted octanol–water partition coefficient (Wildman–Crippen LogP) is 1.02. The molecule has 0 radical (unpaired) electrons. The monoisotopic (exact) mass is 314 g/mol. The zero-order valence-electron chi connectivity index (χ0n) is 13.4. The molecule has 6 heteroatoms. The van der Waals surface area contributed by atoms with Crippen molar-refractivity contribution < 1.29 is 4.79 Å². The van der Waals surface area contributed by atoms with Gasteiger partial charge in [-0.05, 0) is 32.1 Å². The van der Waals surface area contributed by atoms with Crippen LogP contribution >= 0.6 is 0 Å². The molecule has 6 nitrogen and oxygen atoms in total. The molecule has 122 valence electrons. The first-order chi connectivity index (χ1) is 11.1. The van der Waals surface area contributed by atoms with E-state index in [1.807, 2.05) is 23.1 Å². The zero-order valence-corrected chi connectivity index (χ0v) is 13.4. The first kappa shape index (κ1) is 15.7. The maximum absolute atomic E-state index is 12.4. The van der Waals surface area contributed by atoms with E-state index in [1.54, 1.807) is 6.07 Å². The second kappa shape index (κ2) is 6.91. The van der Waals surface area contributed by atoms with Crippen LogP contribution in [0.15, 0.2) is 29.1 Å². The van der Waals surface area contributed by atoms with Crippen molar-refractivity contribution in [2.24, 2.45) is 0 Å². The van der Waals surface area contributed by atoms with Gasteiger partial charge in [-0.15, -0.1) is 0 Å². The number of amides is 1. The molecule has 1 amide bonds. The quantitative estimate of drug-likeness (QED) is 0.918. The maximum atomic E-state index is 12.4. The number of carbonyl (C=O) groups is 1. The first-order valence-corrected chi connectivity index (χ1v) is 8.08. The van der Waals surface area contributed by atoms with Gasteiger partial charge in [-0.2, -0.15) is 0 Å². The highest BCUT2D eigenvalue weighted by Crippen LogP contribution is 2.08. The SMILES string of the molecule is CN1CCCN(C(=O)CCc2nc3ccccc3c(=O)[nH]2)CC1. The average molecular weight is 314 g/mol. The van der Waals surface area contributed by atoms with Crippen molar-refractivity contribution in [3.63, 3.8) is 0 Å². The number of hydrogen-bond donors (Lipinski definition) is 1. The van der Waals surface area contributed by atoms with E-state index in [1.165, 1.54) is 0 Å². The first-order valence-electron chi connectivity index (χ1n) is 8.08. The Morgan fingerprint density at radius 2 is 2.04 bits per heavy atom. The van der Waals surface area contributed by atoms with Crippen LogP contribution in [0.4, 0.5) is 0 Å². The van der Waals surface area contributed by atoms with Gasteiger partial charge in [0.15, 0.2) is 0 Å². The number of fused-ring (bicyclic) bond motifs is 1. The Hall–Kier alpha value is -2.21. The molecule has 1 aromatic heterocycles. The van der Waals surface area contributed by atoms with Gasteiger partial charge in [-0.1, -0.05) is 12.1 Å². The van der Waals surface area contributed by atoms with E-state index in [-0.39, 0.29) is 11.5 Å². The number of carbonyl (C=O) groups excluding carboxylic acids is 1. The van der Waals surface area contributed by atoms with Crippen LogP contribution in [-0.2, 0) is 11.2 Å². The number of aromatic nitrogens is 2. The van der Waals surface area contributed by atoms with Crippen LogP contribution in [0, 0.1) is 0 Å². The summed E-state index contributed by atoms with van der Waals surface area (Å²) in [5, 5.41) is 0.582. The van der Waals surface area contributed by atoms with Crippen molar-refractivity contribution in [3.8, 4) is 0 Å². The third kappa shape index (κ3) is 3.76. The van der Waals surface area contributed by atoms with Gasteiger partial charge in [0.25, 0.3) is 5.56 Å². The largest absolute Gasteiger partial charge is 0.341 e. The lowest BCUT2D eigenvalue weighted by Gasteiger charge is -2.20. The van der Waals surface area contributed by atoms with Gasteiger partial charge in [0.1, 0.15) is 5.82 Å². The molecule has 1 fully saturated rings. The molecule has 0 aliphatic carbocycles. The third-order valence-electron chi connectivity index (χ3n) is 4.31. The zero-order chi connectivity index (χ0) is 16.2. The summed E-state index contributed by atoms with van der Waals surface area (Å²) >= 11 is 0. The van der Waals surface area contributed by atoms with Crippen molar-refractivity contribution in [3.05, 3.63) is 40.4 Å². The summed E-state index contributed by atoms with van der Waals surface area (Å²) in [6.07, 6.45) is 1.85. The number of para-hydroxylation sites is 1. The fourth-order valence-electron chi connectivity index (χ4n) is 2.93. The summed E-state index contributed by atoms with van der Waals surface area (Å²) in [6.45, 7) is 3.53. The lowest BCUT2D eigenvalue weighted by molar-refractivity contribution is -0.131. The van der Waals surface area contributed by atoms with Gasteiger partial charge in [0.2, 0.25) is 5.91 Å². The Labute approximate surface area is 135 Å². The lowest BCUT2D eigenvalue weighted by Crippen LogP contribution is -2.34.